The number of hydrogen-bond acceptors (Lipinski definition) is 2. The predicted molar refractivity (Wildman–Crippen MR) is 62.4 cm³/mol. The Kier molecular flexibility index (Phi) is 2.42. The molecular weight excluding hydrogens is 224 g/mol. The van der Waals surface area contributed by atoms with Gasteiger partial charge in [0.2, 0.25) is 0 Å². The molecule has 0 saturated carbocycles. The van der Waals surface area contributed by atoms with Crippen LogP contribution >= 0.6 is 11.6 Å². The van der Waals surface area contributed by atoms with Crippen molar-refractivity contribution in [1.29, 1.82) is 0 Å². The van der Waals surface area contributed by atoms with Gasteiger partial charge in [-0.05, 0) is 12.1 Å². The summed E-state index contributed by atoms with van der Waals surface area (Å²) in [7, 11) is 0. The number of rotatable bonds is 3. The van der Waals surface area contributed by atoms with Gasteiger partial charge in [0.1, 0.15) is 5.82 Å². The molecule has 2 heterocycles. The van der Waals surface area contributed by atoms with Gasteiger partial charge in [-0.1, -0.05) is 23.7 Å². The van der Waals surface area contributed by atoms with E-state index < -0.39 is 0 Å². The Morgan fingerprint density at radius 2 is 2.38 bits per heavy atom. The Morgan fingerprint density at radius 3 is 3.12 bits per heavy atom. The van der Waals surface area contributed by atoms with E-state index in [0.29, 0.717) is 6.10 Å². The van der Waals surface area contributed by atoms with Crippen molar-refractivity contribution >= 4 is 11.6 Å². The van der Waals surface area contributed by atoms with Crippen molar-refractivity contribution in [3.8, 4) is 11.4 Å². The number of ether oxygens (including phenoxy) is 1. The lowest BCUT2D eigenvalue weighted by molar-refractivity contribution is 0.383. The summed E-state index contributed by atoms with van der Waals surface area (Å²) in [6.07, 6.45) is 4.13. The summed E-state index contributed by atoms with van der Waals surface area (Å²) in [6.45, 7) is 1.72. The van der Waals surface area contributed by atoms with Gasteiger partial charge in [-0.15, -0.1) is 0 Å². The molecule has 82 valence electrons. The first-order chi connectivity index (χ1) is 7.83. The van der Waals surface area contributed by atoms with Gasteiger partial charge in [0.05, 0.1) is 19.3 Å². The summed E-state index contributed by atoms with van der Waals surface area (Å²) in [6, 6.07) is 7.74. The quantitative estimate of drug-likeness (QED) is 0.765. The molecule has 0 radical (unpaired) electrons. The Morgan fingerprint density at radius 1 is 1.50 bits per heavy atom. The fourth-order valence-corrected chi connectivity index (χ4v) is 1.93. The van der Waals surface area contributed by atoms with Crippen LogP contribution in [0.4, 0.5) is 0 Å². The molecule has 1 unspecified atom stereocenters. The molecule has 0 spiro atoms. The lowest BCUT2D eigenvalue weighted by atomic mass is 10.2. The Bertz CT molecular complexity index is 505. The van der Waals surface area contributed by atoms with Crippen LogP contribution in [0, 0.1) is 0 Å². The second-order valence-corrected chi connectivity index (χ2v) is 4.31. The number of halogens is 1. The minimum absolute atomic E-state index is 0.354. The van der Waals surface area contributed by atoms with Gasteiger partial charge < -0.3 is 9.30 Å². The molecular formula is C12H11ClN2O. The number of hydrogen-bond donors (Lipinski definition) is 0. The molecule has 1 aromatic heterocycles. The van der Waals surface area contributed by atoms with Crippen LogP contribution in [0.2, 0.25) is 5.02 Å². The first kappa shape index (κ1) is 9.87. The lowest BCUT2D eigenvalue weighted by Gasteiger charge is -2.06. The summed E-state index contributed by atoms with van der Waals surface area (Å²) in [5.41, 5.74) is 1.04. The summed E-state index contributed by atoms with van der Waals surface area (Å²) >= 11 is 5.97. The maximum Gasteiger partial charge on any atom is 0.140 e. The monoisotopic (exact) mass is 234 g/mol. The molecule has 1 aliphatic rings. The van der Waals surface area contributed by atoms with Gasteiger partial charge in [0.15, 0.2) is 0 Å². The second-order valence-electron chi connectivity index (χ2n) is 3.87. The third-order valence-electron chi connectivity index (χ3n) is 2.60. The van der Waals surface area contributed by atoms with E-state index in [9.17, 15) is 0 Å². The van der Waals surface area contributed by atoms with E-state index in [1.165, 1.54) is 0 Å². The molecule has 1 aliphatic heterocycles. The largest absolute Gasteiger partial charge is 0.371 e. The van der Waals surface area contributed by atoms with E-state index in [0.717, 1.165) is 29.6 Å². The highest BCUT2D eigenvalue weighted by atomic mass is 35.5. The van der Waals surface area contributed by atoms with E-state index in [-0.39, 0.29) is 0 Å². The number of nitrogens with zero attached hydrogens (tertiary/aromatic N) is 2. The normalized spacial score (nSPS) is 18.7. The zero-order chi connectivity index (χ0) is 11.0. The maximum atomic E-state index is 5.97. The summed E-state index contributed by atoms with van der Waals surface area (Å²) in [5.74, 6) is 0.943. The van der Waals surface area contributed by atoms with E-state index in [1.807, 2.05) is 30.5 Å². The maximum absolute atomic E-state index is 5.97. The summed E-state index contributed by atoms with van der Waals surface area (Å²) in [5, 5.41) is 0.731. The van der Waals surface area contributed by atoms with Crippen molar-refractivity contribution in [2.24, 2.45) is 0 Å². The van der Waals surface area contributed by atoms with Crippen molar-refractivity contribution in [1.82, 2.24) is 9.55 Å². The third kappa shape index (κ3) is 1.96. The molecule has 1 aromatic carbocycles. The van der Waals surface area contributed by atoms with Crippen LogP contribution in [0.25, 0.3) is 11.4 Å². The molecule has 2 aromatic rings. The minimum atomic E-state index is 0.354. The number of epoxide rings is 1. The van der Waals surface area contributed by atoms with Crippen LogP contribution in [-0.4, -0.2) is 22.3 Å². The van der Waals surface area contributed by atoms with Crippen LogP contribution in [-0.2, 0) is 11.3 Å². The van der Waals surface area contributed by atoms with Gasteiger partial charge in [-0.3, -0.25) is 0 Å². The lowest BCUT2D eigenvalue weighted by Crippen LogP contribution is -2.04. The average molecular weight is 235 g/mol. The van der Waals surface area contributed by atoms with Crippen LogP contribution < -0.4 is 0 Å². The highest BCUT2D eigenvalue weighted by Crippen LogP contribution is 2.23. The zero-order valence-corrected chi connectivity index (χ0v) is 9.39. The highest BCUT2D eigenvalue weighted by Gasteiger charge is 2.23. The minimum Gasteiger partial charge on any atom is -0.371 e. The summed E-state index contributed by atoms with van der Waals surface area (Å²) < 4.78 is 7.32. The van der Waals surface area contributed by atoms with Crippen molar-refractivity contribution < 1.29 is 4.74 Å². The molecule has 1 fully saturated rings. The number of benzene rings is 1. The molecule has 1 atom stereocenters. The molecule has 0 bridgehead atoms. The van der Waals surface area contributed by atoms with E-state index in [4.69, 9.17) is 16.3 Å². The average Bonchev–Trinajstić information content (AvgIpc) is 2.95. The van der Waals surface area contributed by atoms with E-state index in [2.05, 4.69) is 9.55 Å². The molecule has 0 amide bonds. The number of aromatic nitrogens is 2. The molecule has 1 saturated heterocycles. The second kappa shape index (κ2) is 3.92. The van der Waals surface area contributed by atoms with Crippen LogP contribution in [0.5, 0.6) is 0 Å². The SMILES string of the molecule is Clc1cccc(-c2nccn2CC2CO2)c1. The fraction of sp³-hybridized carbons (Fsp3) is 0.250. The van der Waals surface area contributed by atoms with Crippen molar-refractivity contribution in [3.63, 3.8) is 0 Å². The third-order valence-corrected chi connectivity index (χ3v) is 2.84. The van der Waals surface area contributed by atoms with Crippen molar-refractivity contribution in [3.05, 3.63) is 41.7 Å². The van der Waals surface area contributed by atoms with Gasteiger partial charge >= 0.3 is 0 Å². The van der Waals surface area contributed by atoms with E-state index in [1.54, 1.807) is 6.20 Å². The predicted octanol–water partition coefficient (Wildman–Crippen LogP) is 2.60. The van der Waals surface area contributed by atoms with Gasteiger partial charge in [0.25, 0.3) is 0 Å². The Balaban J connectivity index is 1.95. The smallest absolute Gasteiger partial charge is 0.140 e. The molecule has 0 aliphatic carbocycles. The van der Waals surface area contributed by atoms with Crippen LogP contribution in [0.15, 0.2) is 36.7 Å². The van der Waals surface area contributed by atoms with Gasteiger partial charge in [-0.25, -0.2) is 4.98 Å². The molecule has 16 heavy (non-hydrogen) atoms. The number of imidazole rings is 1. The highest BCUT2D eigenvalue weighted by molar-refractivity contribution is 6.30. The molecule has 0 N–H and O–H groups in total. The Hall–Kier alpha value is -1.32. The van der Waals surface area contributed by atoms with Crippen LogP contribution in [0.1, 0.15) is 0 Å². The summed E-state index contributed by atoms with van der Waals surface area (Å²) in [4.78, 5) is 4.36. The van der Waals surface area contributed by atoms with Gasteiger partial charge in [0, 0.05) is 23.0 Å². The van der Waals surface area contributed by atoms with Crippen molar-refractivity contribution in [2.45, 2.75) is 12.6 Å². The van der Waals surface area contributed by atoms with Gasteiger partial charge in [-0.2, -0.15) is 0 Å². The first-order valence-electron chi connectivity index (χ1n) is 5.21. The Labute approximate surface area is 98.6 Å². The standard InChI is InChI=1S/C12H11ClN2O/c13-10-3-1-2-9(6-10)12-14-4-5-15(12)7-11-8-16-11/h1-6,11H,7-8H2. The zero-order valence-electron chi connectivity index (χ0n) is 8.64. The fourth-order valence-electron chi connectivity index (χ4n) is 1.74. The van der Waals surface area contributed by atoms with Crippen LogP contribution in [0.3, 0.4) is 0 Å². The first-order valence-corrected chi connectivity index (χ1v) is 5.59. The molecule has 3 nitrogen and oxygen atoms in total. The molecule has 3 rings (SSSR count). The van der Waals surface area contributed by atoms with E-state index >= 15 is 0 Å². The molecule has 4 heteroatoms. The van der Waals surface area contributed by atoms with Crippen molar-refractivity contribution in [2.75, 3.05) is 6.61 Å². The topological polar surface area (TPSA) is 30.4 Å².